The minimum atomic E-state index is -1.39. The Kier molecular flexibility index (Phi) is 4.95. The van der Waals surface area contributed by atoms with Crippen molar-refractivity contribution in [2.75, 3.05) is 0 Å². The summed E-state index contributed by atoms with van der Waals surface area (Å²) < 4.78 is 13.7. The summed E-state index contributed by atoms with van der Waals surface area (Å²) in [5.74, 6) is -0.147. The molecule has 2 unspecified atom stereocenters. The molecule has 0 amide bonds. The third-order valence-electron chi connectivity index (χ3n) is 2.56. The average molecular weight is 378 g/mol. The van der Waals surface area contributed by atoms with Crippen LogP contribution in [0.4, 0.5) is 0 Å². The van der Waals surface area contributed by atoms with Crippen LogP contribution in [0.15, 0.2) is 45.8 Å². The van der Waals surface area contributed by atoms with E-state index in [1.165, 1.54) is 11.3 Å². The lowest BCUT2D eigenvalue weighted by Gasteiger charge is -2.10. The van der Waals surface area contributed by atoms with Gasteiger partial charge in [0, 0.05) is 4.47 Å². The van der Waals surface area contributed by atoms with Gasteiger partial charge in [-0.15, -0.1) is 11.3 Å². The third-order valence-corrected chi connectivity index (χ3v) is 6.41. The second kappa shape index (κ2) is 6.31. The van der Waals surface area contributed by atoms with E-state index in [0.29, 0.717) is 14.1 Å². The van der Waals surface area contributed by atoms with Crippen LogP contribution in [0.2, 0.25) is 4.34 Å². The molecular weight excluding hydrogens is 368 g/mol. The van der Waals surface area contributed by atoms with E-state index in [0.717, 1.165) is 4.47 Å². The first-order valence-electron chi connectivity index (χ1n) is 5.45. The van der Waals surface area contributed by atoms with Gasteiger partial charge in [0.15, 0.2) is 5.78 Å². The summed E-state index contributed by atoms with van der Waals surface area (Å²) in [7, 11) is -1.39. The molecule has 2 rings (SSSR count). The predicted molar refractivity (Wildman–Crippen MR) is 83.7 cm³/mol. The van der Waals surface area contributed by atoms with Crippen molar-refractivity contribution in [1.29, 1.82) is 0 Å². The molecule has 0 spiro atoms. The van der Waals surface area contributed by atoms with Crippen LogP contribution in [0.1, 0.15) is 16.6 Å². The number of thiophene rings is 1. The van der Waals surface area contributed by atoms with Gasteiger partial charge in [-0.3, -0.25) is 9.00 Å². The fourth-order valence-electron chi connectivity index (χ4n) is 1.54. The molecule has 1 aromatic carbocycles. The van der Waals surface area contributed by atoms with Gasteiger partial charge in [-0.2, -0.15) is 0 Å². The number of hydrogen-bond donors (Lipinski definition) is 0. The lowest BCUT2D eigenvalue weighted by Crippen LogP contribution is -2.22. The van der Waals surface area contributed by atoms with Crippen molar-refractivity contribution in [1.82, 2.24) is 0 Å². The Labute approximate surface area is 131 Å². The fraction of sp³-hybridized carbons (Fsp3) is 0.154. The van der Waals surface area contributed by atoms with Crippen molar-refractivity contribution in [2.45, 2.75) is 17.1 Å². The number of benzene rings is 1. The highest BCUT2D eigenvalue weighted by Gasteiger charge is 2.25. The number of rotatable bonds is 4. The molecule has 0 aliphatic carbocycles. The Bertz CT molecular complexity index is 639. The van der Waals surface area contributed by atoms with Crippen molar-refractivity contribution in [2.24, 2.45) is 0 Å². The first-order chi connectivity index (χ1) is 9.00. The van der Waals surface area contributed by atoms with E-state index in [-0.39, 0.29) is 5.78 Å². The summed E-state index contributed by atoms with van der Waals surface area (Å²) in [6.45, 7) is 1.67. The number of halogens is 2. The molecule has 100 valence electrons. The van der Waals surface area contributed by atoms with Crippen LogP contribution < -0.4 is 0 Å². The lowest BCUT2D eigenvalue weighted by molar-refractivity contribution is 0.0996. The van der Waals surface area contributed by atoms with Gasteiger partial charge in [-0.1, -0.05) is 23.7 Å². The zero-order valence-corrected chi connectivity index (χ0v) is 13.9. The van der Waals surface area contributed by atoms with Crippen molar-refractivity contribution in [3.8, 4) is 0 Å². The Morgan fingerprint density at radius 2 is 2.00 bits per heavy atom. The van der Waals surface area contributed by atoms with E-state index >= 15 is 0 Å². The topological polar surface area (TPSA) is 34.1 Å². The molecule has 0 N–H and O–H groups in total. The first kappa shape index (κ1) is 14.9. The molecule has 0 aliphatic rings. The standard InChI is InChI=1S/C13H10BrClO2S2/c1-8(13(16)10-6-7-12(15)18-10)19(17)11-5-3-2-4-9(11)14/h2-8H,1H3. The zero-order chi connectivity index (χ0) is 14.0. The number of Topliss-reactive ketones (excluding diaryl/α,β-unsaturated/α-hetero) is 1. The molecule has 2 aromatic rings. The minimum Gasteiger partial charge on any atom is -0.292 e. The van der Waals surface area contributed by atoms with Crippen LogP contribution in [0.25, 0.3) is 0 Å². The summed E-state index contributed by atoms with van der Waals surface area (Å²) in [6.07, 6.45) is 0. The van der Waals surface area contributed by atoms with Crippen LogP contribution >= 0.6 is 38.9 Å². The van der Waals surface area contributed by atoms with E-state index in [4.69, 9.17) is 11.6 Å². The predicted octanol–water partition coefficient (Wildman–Crippen LogP) is 4.54. The average Bonchev–Trinajstić information content (AvgIpc) is 2.83. The van der Waals surface area contributed by atoms with E-state index < -0.39 is 16.0 Å². The maximum absolute atomic E-state index is 12.4. The molecule has 0 fully saturated rings. The number of carbonyl (C=O) groups is 1. The van der Waals surface area contributed by atoms with E-state index in [2.05, 4.69) is 15.9 Å². The minimum absolute atomic E-state index is 0.147. The van der Waals surface area contributed by atoms with Gasteiger partial charge in [0.25, 0.3) is 0 Å². The maximum atomic E-state index is 12.4. The quantitative estimate of drug-likeness (QED) is 0.733. The molecule has 6 heteroatoms. The van der Waals surface area contributed by atoms with Crippen LogP contribution in [0, 0.1) is 0 Å². The maximum Gasteiger partial charge on any atom is 0.188 e. The van der Waals surface area contributed by atoms with Gasteiger partial charge in [0.2, 0.25) is 0 Å². The molecule has 0 saturated carbocycles. The van der Waals surface area contributed by atoms with Crippen LogP contribution in [-0.2, 0) is 10.8 Å². The fourth-order valence-corrected chi connectivity index (χ4v) is 4.63. The van der Waals surface area contributed by atoms with E-state index in [1.54, 1.807) is 31.2 Å². The van der Waals surface area contributed by atoms with Crippen molar-refractivity contribution >= 4 is 55.5 Å². The molecule has 2 nitrogen and oxygen atoms in total. The summed E-state index contributed by atoms with van der Waals surface area (Å²) in [5.41, 5.74) is 0. The van der Waals surface area contributed by atoms with Crippen molar-refractivity contribution in [3.63, 3.8) is 0 Å². The highest BCUT2D eigenvalue weighted by molar-refractivity contribution is 9.10. The Morgan fingerprint density at radius 3 is 2.58 bits per heavy atom. The van der Waals surface area contributed by atoms with Gasteiger partial charge in [0.05, 0.1) is 24.9 Å². The summed E-state index contributed by atoms with van der Waals surface area (Å²) in [4.78, 5) is 13.4. The van der Waals surface area contributed by atoms with Crippen LogP contribution in [0.5, 0.6) is 0 Å². The summed E-state index contributed by atoms with van der Waals surface area (Å²) >= 11 is 10.4. The van der Waals surface area contributed by atoms with Gasteiger partial charge in [0.1, 0.15) is 5.25 Å². The van der Waals surface area contributed by atoms with Crippen LogP contribution in [-0.4, -0.2) is 15.2 Å². The summed E-state index contributed by atoms with van der Waals surface area (Å²) in [6, 6.07) is 10.6. The Balaban J connectivity index is 2.25. The van der Waals surface area contributed by atoms with Crippen LogP contribution in [0.3, 0.4) is 0 Å². The Morgan fingerprint density at radius 1 is 1.32 bits per heavy atom. The van der Waals surface area contributed by atoms with E-state index in [9.17, 15) is 9.00 Å². The zero-order valence-electron chi connectivity index (χ0n) is 9.93. The number of ketones is 1. The largest absolute Gasteiger partial charge is 0.292 e. The first-order valence-corrected chi connectivity index (χ1v) is 8.65. The van der Waals surface area contributed by atoms with Gasteiger partial charge >= 0.3 is 0 Å². The summed E-state index contributed by atoms with van der Waals surface area (Å²) in [5, 5.41) is -0.603. The molecule has 2 atom stereocenters. The normalized spacial score (nSPS) is 14.1. The Hall–Kier alpha value is -0.490. The molecule has 0 saturated heterocycles. The van der Waals surface area contributed by atoms with E-state index in [1.807, 2.05) is 12.1 Å². The van der Waals surface area contributed by atoms with Gasteiger partial charge < -0.3 is 0 Å². The SMILES string of the molecule is CC(C(=O)c1ccc(Cl)s1)S(=O)c1ccccc1Br. The lowest BCUT2D eigenvalue weighted by atomic mass is 10.2. The number of carbonyl (C=O) groups excluding carboxylic acids is 1. The second-order valence-electron chi connectivity index (χ2n) is 3.84. The molecular formula is C13H10BrClO2S2. The molecule has 0 radical (unpaired) electrons. The van der Waals surface area contributed by atoms with Crippen molar-refractivity contribution in [3.05, 3.63) is 50.1 Å². The second-order valence-corrected chi connectivity index (χ2v) is 8.15. The molecule has 0 aliphatic heterocycles. The van der Waals surface area contributed by atoms with Gasteiger partial charge in [-0.25, -0.2) is 0 Å². The molecule has 19 heavy (non-hydrogen) atoms. The molecule has 1 heterocycles. The number of hydrogen-bond acceptors (Lipinski definition) is 3. The third kappa shape index (κ3) is 3.34. The smallest absolute Gasteiger partial charge is 0.188 e. The van der Waals surface area contributed by atoms with Gasteiger partial charge in [-0.05, 0) is 47.1 Å². The molecule has 0 bridgehead atoms. The monoisotopic (exact) mass is 376 g/mol. The van der Waals surface area contributed by atoms with Crippen molar-refractivity contribution < 1.29 is 9.00 Å². The highest BCUT2D eigenvalue weighted by Crippen LogP contribution is 2.27. The highest BCUT2D eigenvalue weighted by atomic mass is 79.9. The molecule has 1 aromatic heterocycles.